The molecule has 2 N–H and O–H groups in total. The van der Waals surface area contributed by atoms with Gasteiger partial charge in [0.15, 0.2) is 0 Å². The number of hydrogen-bond donors (Lipinski definition) is 2. The Kier molecular flexibility index (Phi) is 11.8. The first kappa shape index (κ1) is 10.0. The van der Waals surface area contributed by atoms with Crippen LogP contribution in [0.3, 0.4) is 0 Å². The molecule has 0 spiro atoms. The van der Waals surface area contributed by atoms with E-state index in [4.69, 9.17) is 11.9 Å². The third-order valence-corrected chi connectivity index (χ3v) is 0. The van der Waals surface area contributed by atoms with Crippen LogP contribution in [0, 0.1) is 0 Å². The Bertz CT molecular complexity index is 29.9. The molecule has 0 aliphatic heterocycles. The van der Waals surface area contributed by atoms with Gasteiger partial charge >= 0.3 is 78.6 Å². The minimum Gasteiger partial charge on any atom is 1.00 e. The van der Waals surface area contributed by atoms with E-state index in [0.29, 0.717) is 0 Å². The van der Waals surface area contributed by atoms with E-state index in [2.05, 4.69) is 0 Å². The van der Waals surface area contributed by atoms with Gasteiger partial charge in [0.25, 0.3) is 0 Å². The van der Waals surface area contributed by atoms with E-state index in [1.54, 1.807) is 0 Å². The summed E-state index contributed by atoms with van der Waals surface area (Å²) in [6.45, 7) is 0. The zero-order valence-electron chi connectivity index (χ0n) is 2.75. The van der Waals surface area contributed by atoms with Crippen molar-refractivity contribution in [1.82, 2.24) is 0 Å². The predicted molar refractivity (Wildman–Crippen MR) is 10.9 cm³/mol. The van der Waals surface area contributed by atoms with E-state index in [0.717, 1.165) is 0 Å². The smallest absolute Gasteiger partial charge is 1.00 e. The maximum absolute atomic E-state index is 8.78. The van der Waals surface area contributed by atoms with E-state index in [-0.39, 0.29) is 51.4 Å². The molecule has 0 saturated heterocycles. The van der Waals surface area contributed by atoms with Crippen LogP contribution in [-0.4, -0.2) is 23.5 Å². The summed E-state index contributed by atoms with van der Waals surface area (Å²) in [5, 5.41) is 0. The van der Waals surface area contributed by atoms with Crippen molar-refractivity contribution in [2.24, 2.45) is 0 Å². The van der Waals surface area contributed by atoms with Crippen LogP contribution in [0.1, 0.15) is 0 Å². The van der Waals surface area contributed by atoms with Gasteiger partial charge in [0.1, 0.15) is 0 Å². The van der Waals surface area contributed by atoms with Crippen LogP contribution in [-0.2, 0) is 3.74 Å². The first-order valence-electron chi connectivity index (χ1n) is 0.583. The standard InChI is InChI=1S/AsH2O3.K/c2-1(3)4;/h(H2,2,3,4);/q;+1. The molecule has 0 rings (SSSR count). The topological polar surface area (TPSA) is 57.5 Å². The van der Waals surface area contributed by atoms with E-state index < -0.39 is 15.3 Å². The van der Waals surface area contributed by atoms with Crippen LogP contribution in [0.15, 0.2) is 0 Å². The Labute approximate surface area is 77.0 Å². The van der Waals surface area contributed by atoms with Gasteiger partial charge in [-0.25, -0.2) is 0 Å². The molecule has 0 bridgehead atoms. The summed E-state index contributed by atoms with van der Waals surface area (Å²) in [4.78, 5) is 0. The molecule has 0 aliphatic rings. The molecule has 0 aliphatic carbocycles. The maximum Gasteiger partial charge on any atom is 1.00 e. The first-order valence-corrected chi connectivity index (χ1v) is 3.03. The van der Waals surface area contributed by atoms with Crippen LogP contribution in [0.5, 0.6) is 0 Å². The van der Waals surface area contributed by atoms with E-state index in [1.165, 1.54) is 0 Å². The molecule has 0 saturated carbocycles. The molecule has 5 heavy (non-hydrogen) atoms. The molecule has 0 aromatic rings. The summed E-state index contributed by atoms with van der Waals surface area (Å²) in [5.41, 5.74) is 0. The van der Waals surface area contributed by atoms with Gasteiger partial charge in [-0.3, -0.25) is 0 Å². The van der Waals surface area contributed by atoms with Crippen molar-refractivity contribution in [3.05, 3.63) is 0 Å². The monoisotopic (exact) mass is 164 g/mol. The molecule has 0 amide bonds. The minimum absolute atomic E-state index is 0. The second kappa shape index (κ2) is 5.91. The molecule has 0 aromatic heterocycles. The zero-order valence-corrected chi connectivity index (χ0v) is 7.75. The Hall–Kier alpha value is 1.91. The van der Waals surface area contributed by atoms with Crippen molar-refractivity contribution in [3.8, 4) is 0 Å². The van der Waals surface area contributed by atoms with Crippen LogP contribution >= 0.6 is 0 Å². The second-order valence-electron chi connectivity index (χ2n) is 0.253. The number of hydrogen-bond acceptors (Lipinski definition) is 1. The quantitative estimate of drug-likeness (QED) is 0.354. The molecule has 3 nitrogen and oxygen atoms in total. The molecule has 0 unspecified atom stereocenters. The molecule has 5 heteroatoms. The molecular formula is H2AsKO3+. The number of rotatable bonds is 0. The van der Waals surface area contributed by atoms with Crippen molar-refractivity contribution in [1.29, 1.82) is 0 Å². The molecule has 0 aromatic carbocycles. The largest absolute Gasteiger partial charge is 1.00 e. The summed E-state index contributed by atoms with van der Waals surface area (Å²) in [5.74, 6) is 0. The van der Waals surface area contributed by atoms with Crippen LogP contribution in [0.4, 0.5) is 0 Å². The van der Waals surface area contributed by atoms with Crippen LogP contribution < -0.4 is 51.4 Å². The Morgan fingerprint density at radius 2 is 1.40 bits per heavy atom. The minimum atomic E-state index is -3.44. The van der Waals surface area contributed by atoms with Gasteiger partial charge in [0, 0.05) is 0 Å². The van der Waals surface area contributed by atoms with Crippen LogP contribution in [0.25, 0.3) is 0 Å². The molecule has 0 heterocycles. The third-order valence-electron chi connectivity index (χ3n) is 0. The molecule has 25 valence electrons. The van der Waals surface area contributed by atoms with Crippen molar-refractivity contribution >= 4 is 15.3 Å². The van der Waals surface area contributed by atoms with Gasteiger partial charge in [-0.15, -0.1) is 0 Å². The zero-order chi connectivity index (χ0) is 3.58. The average Bonchev–Trinajstić information content (AvgIpc) is 0.811. The van der Waals surface area contributed by atoms with E-state index in [1.807, 2.05) is 0 Å². The van der Waals surface area contributed by atoms with Crippen molar-refractivity contribution in [3.63, 3.8) is 0 Å². The van der Waals surface area contributed by atoms with Gasteiger partial charge in [-0.05, 0) is 0 Å². The molecule has 0 fully saturated rings. The summed E-state index contributed by atoms with van der Waals surface area (Å²) >= 11 is -3.44. The van der Waals surface area contributed by atoms with Crippen molar-refractivity contribution in [2.45, 2.75) is 0 Å². The normalized spacial score (nSPS) is 5.20. The Morgan fingerprint density at radius 1 is 1.40 bits per heavy atom. The van der Waals surface area contributed by atoms with E-state index >= 15 is 0 Å². The predicted octanol–water partition coefficient (Wildman–Crippen LogP) is -4.61. The van der Waals surface area contributed by atoms with Crippen molar-refractivity contribution < 1.29 is 63.3 Å². The molecule has 0 atom stereocenters. The van der Waals surface area contributed by atoms with Crippen LogP contribution in [0.2, 0.25) is 0 Å². The van der Waals surface area contributed by atoms with Gasteiger partial charge in [0.2, 0.25) is 0 Å². The van der Waals surface area contributed by atoms with E-state index in [9.17, 15) is 0 Å². The Balaban J connectivity index is 0. The molecular weight excluding hydrogens is 162 g/mol. The fraction of sp³-hybridized carbons (Fsp3) is 0. The fourth-order valence-electron chi connectivity index (χ4n) is 0. The van der Waals surface area contributed by atoms with Crippen molar-refractivity contribution in [2.75, 3.05) is 0 Å². The summed E-state index contributed by atoms with van der Waals surface area (Å²) in [6.07, 6.45) is 0. The molecule has 1 radical (unpaired) electrons. The second-order valence-corrected chi connectivity index (χ2v) is 1.31. The summed E-state index contributed by atoms with van der Waals surface area (Å²) in [6, 6.07) is 0. The van der Waals surface area contributed by atoms with Gasteiger partial charge < -0.3 is 0 Å². The average molecular weight is 164 g/mol. The maximum atomic E-state index is 8.78. The summed E-state index contributed by atoms with van der Waals surface area (Å²) < 4.78 is 23.2. The Morgan fingerprint density at radius 3 is 1.40 bits per heavy atom. The summed E-state index contributed by atoms with van der Waals surface area (Å²) in [7, 11) is 0. The fourth-order valence-corrected chi connectivity index (χ4v) is 0. The first-order chi connectivity index (χ1) is 1.73. The van der Waals surface area contributed by atoms with Gasteiger partial charge in [-0.2, -0.15) is 0 Å². The van der Waals surface area contributed by atoms with Gasteiger partial charge in [0.05, 0.1) is 0 Å². The third kappa shape index (κ3) is 24.7. The SMILES string of the molecule is O=[As](O)O.[K+]. The van der Waals surface area contributed by atoms with Gasteiger partial charge in [-0.1, -0.05) is 0 Å².